The van der Waals surface area contributed by atoms with Gasteiger partial charge in [0, 0.05) is 37.5 Å². The van der Waals surface area contributed by atoms with E-state index in [2.05, 4.69) is 4.72 Å². The molecule has 1 heterocycles. The molecule has 12 heteroatoms. The van der Waals surface area contributed by atoms with Gasteiger partial charge >= 0.3 is 41.3 Å². The number of carbonyl (C=O) groups is 1. The molecule has 0 unspecified atom stereocenters. The summed E-state index contributed by atoms with van der Waals surface area (Å²) in [5, 5.41) is 5.66. The van der Waals surface area contributed by atoms with Crippen molar-refractivity contribution in [3.63, 3.8) is 0 Å². The molecule has 2 aromatic carbocycles. The summed E-state index contributed by atoms with van der Waals surface area (Å²) < 4.78 is 37.3. The first-order chi connectivity index (χ1) is 14.4. The normalized spacial score (nSPS) is 11.0. The minimum Gasteiger partial charge on any atom is -0.564 e. The van der Waals surface area contributed by atoms with Crippen LogP contribution >= 0.6 is 22.6 Å². The van der Waals surface area contributed by atoms with Gasteiger partial charge in [0.15, 0.2) is 10.2 Å². The number of hydrogen-bond donors (Lipinski definition) is 1. The zero-order valence-corrected chi connectivity index (χ0v) is 22.9. The average molecular weight is 579 g/mol. The third-order valence-corrected chi connectivity index (χ3v) is 5.73. The number of hydrogen-bond acceptors (Lipinski definition) is 6. The van der Waals surface area contributed by atoms with Crippen LogP contribution < -0.4 is 45.1 Å². The van der Waals surface area contributed by atoms with Gasteiger partial charge < -0.3 is 18.8 Å². The van der Waals surface area contributed by atoms with Gasteiger partial charge in [-0.3, -0.25) is 0 Å². The predicted molar refractivity (Wildman–Crippen MR) is 125 cm³/mol. The molecule has 0 saturated heterocycles. The van der Waals surface area contributed by atoms with E-state index in [1.165, 1.54) is 17.0 Å². The number of nitrogens with two attached hydrogens (primary N) is 1. The van der Waals surface area contributed by atoms with Gasteiger partial charge in [0.2, 0.25) is 0 Å². The molecule has 0 saturated carbocycles. The Morgan fingerprint density at radius 1 is 1.25 bits per heavy atom. The Morgan fingerprint density at radius 2 is 1.94 bits per heavy atom. The van der Waals surface area contributed by atoms with Crippen molar-refractivity contribution in [2.45, 2.75) is 13.3 Å². The number of nitrogens with zero attached hydrogens (tertiary/aromatic N) is 2. The number of aryl methyl sites for hydroxylation is 1. The van der Waals surface area contributed by atoms with E-state index in [0.717, 1.165) is 0 Å². The molecule has 0 aliphatic carbocycles. The summed E-state index contributed by atoms with van der Waals surface area (Å²) in [6.07, 6.45) is -0.329. The molecule has 0 radical (unpaired) electrons. The Morgan fingerprint density at radius 3 is 2.56 bits per heavy atom. The number of benzene rings is 2. The van der Waals surface area contributed by atoms with Crippen molar-refractivity contribution in [2.75, 3.05) is 14.1 Å². The van der Waals surface area contributed by atoms with Crippen molar-refractivity contribution in [1.82, 2.24) is 4.90 Å². The number of amides is 1. The van der Waals surface area contributed by atoms with Crippen molar-refractivity contribution < 1.29 is 51.9 Å². The molecule has 2 N–H and O–H groups in total. The fourth-order valence-electron chi connectivity index (χ4n) is 2.93. The summed E-state index contributed by atoms with van der Waals surface area (Å²) in [6, 6.07) is 9.72. The molecule has 9 nitrogen and oxygen atoms in total. The second-order valence-electron chi connectivity index (χ2n) is 6.99. The first kappa shape index (κ1) is 26.6. The van der Waals surface area contributed by atoms with Gasteiger partial charge in [-0.25, -0.2) is 23.1 Å². The van der Waals surface area contributed by atoms with Crippen molar-refractivity contribution in [2.24, 2.45) is 5.14 Å². The first-order valence-electron chi connectivity index (χ1n) is 8.94. The number of halogens is 1. The maximum Gasteiger partial charge on any atom is 1.00 e. The summed E-state index contributed by atoms with van der Waals surface area (Å²) in [5.74, 6) is 0.291. The second-order valence-corrected chi connectivity index (χ2v) is 9.36. The van der Waals surface area contributed by atoms with E-state index in [1.807, 2.05) is 22.6 Å². The number of carbonyl (C=O) groups excluding carboxylic acids is 1. The molecule has 3 rings (SSSR count). The van der Waals surface area contributed by atoms with E-state index < -0.39 is 21.9 Å². The number of fused-ring (bicyclic) bond motifs is 1. The quantitative estimate of drug-likeness (QED) is 0.267. The Kier molecular flexibility index (Phi) is 8.76. The first-order valence-corrected chi connectivity index (χ1v) is 11.5. The molecule has 3 aromatic rings. The Balaban J connectivity index is 0.00000363. The molecular weight excluding hydrogens is 560 g/mol. The van der Waals surface area contributed by atoms with Crippen LogP contribution in [-0.2, 0) is 16.6 Å². The van der Waals surface area contributed by atoms with Crippen LogP contribution in [0.3, 0.4) is 0 Å². The summed E-state index contributed by atoms with van der Waals surface area (Å²) in [7, 11) is -0.895. The fraction of sp³-hybridized carbons (Fsp3) is 0.200. The monoisotopic (exact) mass is 579 g/mol. The van der Waals surface area contributed by atoms with Crippen LogP contribution in [0.2, 0.25) is 0 Å². The van der Waals surface area contributed by atoms with Gasteiger partial charge in [0.25, 0.3) is 0 Å². The minimum absolute atomic E-state index is 0. The topological polar surface area (TPSA) is 134 Å². The van der Waals surface area contributed by atoms with Crippen molar-refractivity contribution >= 4 is 55.6 Å². The summed E-state index contributed by atoms with van der Waals surface area (Å²) >= 11 is 2.05. The molecule has 32 heavy (non-hydrogen) atoms. The van der Waals surface area contributed by atoms with Gasteiger partial charge in [-0.05, 0) is 46.7 Å². The fourth-order valence-corrected chi connectivity index (χ4v) is 3.92. The van der Waals surface area contributed by atoms with Gasteiger partial charge in [-0.15, -0.1) is 5.69 Å². The predicted octanol–water partition coefficient (Wildman–Crippen LogP) is 0.570. The molecule has 0 atom stereocenters. The van der Waals surface area contributed by atoms with Crippen LogP contribution in [0.4, 0.5) is 10.5 Å². The summed E-state index contributed by atoms with van der Waals surface area (Å²) in [5.41, 5.74) is 1.74. The van der Waals surface area contributed by atoms with E-state index in [0.29, 0.717) is 37.0 Å². The van der Waals surface area contributed by atoms with E-state index in [1.54, 1.807) is 45.3 Å². The smallest absolute Gasteiger partial charge is 0.564 e. The second kappa shape index (κ2) is 10.5. The molecule has 0 bridgehead atoms. The zero-order chi connectivity index (χ0) is 22.9. The number of ether oxygens (including phenoxy) is 1. The van der Waals surface area contributed by atoms with Gasteiger partial charge in [0.05, 0.1) is 3.57 Å². The third-order valence-electron chi connectivity index (χ3n) is 4.43. The van der Waals surface area contributed by atoms with Crippen LogP contribution in [0.25, 0.3) is 15.7 Å². The molecule has 1 amide bonds. The van der Waals surface area contributed by atoms with Crippen molar-refractivity contribution in [3.8, 4) is 5.75 Å². The maximum absolute atomic E-state index is 12.7. The van der Waals surface area contributed by atoms with Gasteiger partial charge in [0.1, 0.15) is 11.3 Å². The van der Waals surface area contributed by atoms with Crippen LogP contribution in [0, 0.1) is 10.5 Å². The molecule has 1 aromatic heterocycles. The zero-order valence-electron chi connectivity index (χ0n) is 17.9. The Bertz CT molecular complexity index is 1340. The molecule has 164 valence electrons. The van der Waals surface area contributed by atoms with Crippen LogP contribution in [0.5, 0.6) is 5.75 Å². The van der Waals surface area contributed by atoms with E-state index in [9.17, 15) is 18.0 Å². The van der Waals surface area contributed by atoms with E-state index >= 15 is 0 Å². The Labute approximate surface area is 220 Å². The Hall–Kier alpha value is -1.64. The largest absolute Gasteiger partial charge is 1.00 e. The SMILES string of the molecule is Cc1c(Cc2cccc([N-]S(N)(=O)=O)c2)c(=O)oc2cc(OC(=O)N(C)C)c(I)cc12.[Na+]. The molecule has 0 aliphatic rings. The summed E-state index contributed by atoms with van der Waals surface area (Å²) in [4.78, 5) is 25.8. The maximum atomic E-state index is 12.7. The minimum atomic E-state index is -4.03. The van der Waals surface area contributed by atoms with Gasteiger partial charge in [-0.1, -0.05) is 24.3 Å². The molecular formula is C20H19IN3NaO6S. The molecule has 0 fully saturated rings. The van der Waals surface area contributed by atoms with E-state index in [4.69, 9.17) is 14.3 Å². The van der Waals surface area contributed by atoms with Crippen molar-refractivity contribution in [1.29, 1.82) is 0 Å². The molecule has 0 spiro atoms. The van der Waals surface area contributed by atoms with Gasteiger partial charge in [-0.2, -0.15) is 0 Å². The standard InChI is InChI=1S/C20H19IN3O6S.Na/c1-11-14-9-16(21)18(30-20(26)24(2)3)10-17(14)29-19(25)15(11)8-12-5-4-6-13(7-12)23-31(22,27)28;/h4-7,9-10H,8H2,1-3H3,(H2,22,27,28);/q-1;+1. The molecule has 0 aliphatic heterocycles. The van der Waals surface area contributed by atoms with Crippen molar-refractivity contribution in [3.05, 3.63) is 71.8 Å². The van der Waals surface area contributed by atoms with Crippen LogP contribution in [-0.4, -0.2) is 33.5 Å². The van der Waals surface area contributed by atoms with Crippen LogP contribution in [0.15, 0.2) is 45.6 Å². The van der Waals surface area contributed by atoms with E-state index in [-0.39, 0.29) is 41.7 Å². The number of rotatable bonds is 5. The average Bonchev–Trinajstić information content (AvgIpc) is 2.65. The van der Waals surface area contributed by atoms with Crippen LogP contribution in [0.1, 0.15) is 16.7 Å². The summed E-state index contributed by atoms with van der Waals surface area (Å²) in [6.45, 7) is 1.80. The third kappa shape index (κ3) is 6.45.